The van der Waals surface area contributed by atoms with Crippen LogP contribution in [0.15, 0.2) is 73.1 Å². The predicted octanol–water partition coefficient (Wildman–Crippen LogP) is 5.43. The maximum Gasteiger partial charge on any atom is 0.320 e. The van der Waals surface area contributed by atoms with E-state index in [9.17, 15) is 9.18 Å². The number of benzene rings is 1. The van der Waals surface area contributed by atoms with Crippen LogP contribution >= 0.6 is 0 Å². The van der Waals surface area contributed by atoms with Crippen LogP contribution in [0.2, 0.25) is 0 Å². The number of halogens is 1. The lowest BCUT2D eigenvalue weighted by Crippen LogP contribution is -2.40. The van der Waals surface area contributed by atoms with Gasteiger partial charge in [0.25, 0.3) is 0 Å². The van der Waals surface area contributed by atoms with Gasteiger partial charge in [0.05, 0.1) is 30.1 Å². The number of anilines is 2. The Labute approximate surface area is 255 Å². The van der Waals surface area contributed by atoms with E-state index in [4.69, 9.17) is 20.0 Å². The number of pyridine rings is 2. The molecule has 4 N–H and O–H groups in total. The molecule has 2 amide bonds. The van der Waals surface area contributed by atoms with Gasteiger partial charge in [0.2, 0.25) is 5.95 Å². The number of hydrogen-bond acceptors (Lipinski definition) is 8. The van der Waals surface area contributed by atoms with Crippen molar-refractivity contribution in [3.63, 3.8) is 0 Å². The number of rotatable bonds is 10. The first kappa shape index (κ1) is 30.5. The molecule has 4 aromatic rings. The smallest absolute Gasteiger partial charge is 0.320 e. The van der Waals surface area contributed by atoms with Gasteiger partial charge in [-0.15, -0.1) is 0 Å². The molecule has 0 bridgehead atoms. The molecule has 1 aliphatic rings. The molecule has 0 aliphatic carbocycles. The van der Waals surface area contributed by atoms with Gasteiger partial charge in [0.15, 0.2) is 0 Å². The molecule has 5 rings (SSSR count). The number of urea groups is 1. The van der Waals surface area contributed by atoms with Gasteiger partial charge in [-0.25, -0.2) is 19.4 Å². The van der Waals surface area contributed by atoms with Gasteiger partial charge in [-0.05, 0) is 55.3 Å². The number of amides is 2. The number of hydrogen-bond donors (Lipinski definition) is 4. The van der Waals surface area contributed by atoms with Gasteiger partial charge in [-0.1, -0.05) is 24.8 Å². The van der Waals surface area contributed by atoms with E-state index in [0.717, 1.165) is 11.3 Å². The summed E-state index contributed by atoms with van der Waals surface area (Å²) in [7, 11) is 3.33. The quantitative estimate of drug-likeness (QED) is 0.108. The topological polar surface area (TPSA) is 139 Å². The van der Waals surface area contributed by atoms with Gasteiger partial charge in [0.1, 0.15) is 17.7 Å². The van der Waals surface area contributed by atoms with Crippen molar-refractivity contribution >= 4 is 23.4 Å². The van der Waals surface area contributed by atoms with Crippen molar-refractivity contribution in [3.05, 3.63) is 95.7 Å². The Morgan fingerprint density at radius 1 is 1.23 bits per heavy atom. The van der Waals surface area contributed by atoms with Crippen LogP contribution in [0, 0.1) is 18.3 Å². The van der Waals surface area contributed by atoms with Gasteiger partial charge >= 0.3 is 6.03 Å². The molecular weight excluding hydrogens is 563 g/mol. The molecule has 228 valence electrons. The van der Waals surface area contributed by atoms with Gasteiger partial charge in [-0.2, -0.15) is 9.49 Å². The molecule has 0 saturated carbocycles. The van der Waals surface area contributed by atoms with Crippen molar-refractivity contribution in [2.24, 2.45) is 0 Å². The fourth-order valence-corrected chi connectivity index (χ4v) is 5.33. The molecule has 12 heteroatoms. The average molecular weight is 599 g/mol. The predicted molar refractivity (Wildman–Crippen MR) is 167 cm³/mol. The normalized spacial score (nSPS) is 17.7. The summed E-state index contributed by atoms with van der Waals surface area (Å²) in [5.41, 5.74) is 5.03. The van der Waals surface area contributed by atoms with Crippen LogP contribution in [0.1, 0.15) is 36.1 Å². The van der Waals surface area contributed by atoms with E-state index >= 15 is 0 Å². The Hall–Kier alpha value is -4.94. The zero-order valence-corrected chi connectivity index (χ0v) is 25.0. The highest BCUT2D eigenvalue weighted by molar-refractivity contribution is 6.01. The number of carbonyl (C=O) groups is 1. The highest BCUT2D eigenvalue weighted by Gasteiger charge is 2.39. The Bertz CT molecular complexity index is 1690. The fourth-order valence-electron chi connectivity index (χ4n) is 5.33. The number of nitrogens with zero attached hydrogens (tertiary/aromatic N) is 4. The highest BCUT2D eigenvalue weighted by Crippen LogP contribution is 2.36. The van der Waals surface area contributed by atoms with E-state index in [2.05, 4.69) is 32.5 Å². The molecule has 1 aliphatic heterocycles. The summed E-state index contributed by atoms with van der Waals surface area (Å²) in [5.74, 6) is 0.412. The molecule has 1 fully saturated rings. The zero-order valence-electron chi connectivity index (χ0n) is 25.0. The summed E-state index contributed by atoms with van der Waals surface area (Å²) in [6.07, 6.45) is 2.45. The molecule has 3 atom stereocenters. The SMILES string of the molecule is C=C(COC)[C@@H]1CC(NC(=O)Nc2c(C)c(-c3cnc(NC)c(C(C)=N)c3)nn2-c2ccccc2)[C@H](c2ccnc(F)c2)O1. The minimum absolute atomic E-state index is 0.294. The number of para-hydroxylation sites is 1. The fraction of sp³-hybridized carbons (Fsp3) is 0.281. The summed E-state index contributed by atoms with van der Waals surface area (Å²) in [6.45, 7) is 7.93. The molecular formula is C32H35FN8O3. The lowest BCUT2D eigenvalue weighted by Gasteiger charge is -2.21. The van der Waals surface area contributed by atoms with Crippen molar-refractivity contribution in [2.75, 3.05) is 31.4 Å². The van der Waals surface area contributed by atoms with E-state index in [1.807, 2.05) is 43.3 Å². The van der Waals surface area contributed by atoms with Crippen LogP contribution in [0.4, 0.5) is 20.8 Å². The molecule has 4 heterocycles. The Morgan fingerprint density at radius 3 is 2.68 bits per heavy atom. The third kappa shape index (κ3) is 6.36. The lowest BCUT2D eigenvalue weighted by molar-refractivity contribution is 0.0498. The summed E-state index contributed by atoms with van der Waals surface area (Å²) in [6, 6.07) is 13.3. The summed E-state index contributed by atoms with van der Waals surface area (Å²) < 4.78 is 27.2. The van der Waals surface area contributed by atoms with Gasteiger partial charge in [0, 0.05) is 55.4 Å². The third-order valence-electron chi connectivity index (χ3n) is 7.48. The van der Waals surface area contributed by atoms with Crippen LogP contribution < -0.4 is 16.0 Å². The largest absolute Gasteiger partial charge is 0.380 e. The maximum atomic E-state index is 14.0. The van der Waals surface area contributed by atoms with E-state index < -0.39 is 30.2 Å². The second-order valence-electron chi connectivity index (χ2n) is 10.6. The minimum atomic E-state index is -0.637. The van der Waals surface area contributed by atoms with Crippen molar-refractivity contribution in [1.29, 1.82) is 5.41 Å². The first-order valence-corrected chi connectivity index (χ1v) is 14.1. The Kier molecular flexibility index (Phi) is 9.12. The van der Waals surface area contributed by atoms with Crippen molar-refractivity contribution in [2.45, 2.75) is 38.5 Å². The van der Waals surface area contributed by atoms with Crippen LogP contribution in [0.5, 0.6) is 0 Å². The standard InChI is InChI=1S/C32H35FN8O3/c1-18(17-43-5)26-15-25(29(44-26)21-11-12-36-27(33)14-21)38-32(42)39-31-19(2)28(40-41(31)23-9-7-6-8-10-23)22-13-24(20(3)34)30(35-4)37-16-22/h6-14,16,25-26,29,34H,1,15,17H2,2-5H3,(H,35,37)(H2,38,39,42)/t25?,26-,29-/m0/s1. The number of ether oxygens (including phenoxy) is 2. The second-order valence-corrected chi connectivity index (χ2v) is 10.6. The maximum absolute atomic E-state index is 14.0. The monoisotopic (exact) mass is 598 g/mol. The molecule has 1 unspecified atom stereocenters. The molecule has 3 aromatic heterocycles. The van der Waals surface area contributed by atoms with E-state index in [1.54, 1.807) is 38.0 Å². The van der Waals surface area contributed by atoms with E-state index in [0.29, 0.717) is 58.3 Å². The molecule has 1 saturated heterocycles. The number of aromatic nitrogens is 4. The van der Waals surface area contributed by atoms with Crippen molar-refractivity contribution in [1.82, 2.24) is 25.1 Å². The summed E-state index contributed by atoms with van der Waals surface area (Å²) in [5, 5.41) is 22.1. The zero-order chi connectivity index (χ0) is 31.4. The van der Waals surface area contributed by atoms with E-state index in [-0.39, 0.29) is 0 Å². The second kappa shape index (κ2) is 13.1. The molecule has 0 radical (unpaired) electrons. The van der Waals surface area contributed by atoms with Gasteiger partial charge < -0.3 is 25.5 Å². The van der Waals surface area contributed by atoms with Crippen LogP contribution in [0.3, 0.4) is 0 Å². The molecule has 44 heavy (non-hydrogen) atoms. The molecule has 1 aromatic carbocycles. The van der Waals surface area contributed by atoms with Gasteiger partial charge in [-0.3, -0.25) is 5.32 Å². The first-order valence-electron chi connectivity index (χ1n) is 14.1. The summed E-state index contributed by atoms with van der Waals surface area (Å²) in [4.78, 5) is 21.8. The van der Waals surface area contributed by atoms with Crippen molar-refractivity contribution < 1.29 is 18.7 Å². The Balaban J connectivity index is 1.47. The van der Waals surface area contributed by atoms with Crippen LogP contribution in [-0.4, -0.2) is 64.4 Å². The molecule has 0 spiro atoms. The number of nitrogens with one attached hydrogen (secondary N) is 4. The van der Waals surface area contributed by atoms with Crippen LogP contribution in [-0.2, 0) is 9.47 Å². The Morgan fingerprint density at radius 2 is 2.00 bits per heavy atom. The first-order chi connectivity index (χ1) is 21.2. The minimum Gasteiger partial charge on any atom is -0.380 e. The lowest BCUT2D eigenvalue weighted by atomic mass is 10.00. The third-order valence-corrected chi connectivity index (χ3v) is 7.48. The van der Waals surface area contributed by atoms with E-state index in [1.165, 1.54) is 12.3 Å². The number of carbonyl (C=O) groups excluding carboxylic acids is 1. The highest BCUT2D eigenvalue weighted by atomic mass is 19.1. The van der Waals surface area contributed by atoms with Crippen LogP contribution in [0.25, 0.3) is 16.9 Å². The number of methoxy groups -OCH3 is 1. The summed E-state index contributed by atoms with van der Waals surface area (Å²) >= 11 is 0. The molecule has 11 nitrogen and oxygen atoms in total. The van der Waals surface area contributed by atoms with Crippen molar-refractivity contribution in [3.8, 4) is 16.9 Å². The average Bonchev–Trinajstić information content (AvgIpc) is 3.58.